The summed E-state index contributed by atoms with van der Waals surface area (Å²) in [4.78, 5) is 0. The number of hydrogen-bond donors (Lipinski definition) is 0. The average molecular weight is 667 g/mol. The van der Waals surface area contributed by atoms with Crippen molar-refractivity contribution >= 4 is 29.8 Å². The summed E-state index contributed by atoms with van der Waals surface area (Å²) in [6.45, 7) is 4.66. The average Bonchev–Trinajstić information content (AvgIpc) is 3.43. The van der Waals surface area contributed by atoms with Crippen LogP contribution < -0.4 is 6.64 Å². The predicted molar refractivity (Wildman–Crippen MR) is 148 cm³/mol. The Kier molecular flexibility index (Phi) is 5.61. The van der Waals surface area contributed by atoms with Crippen LogP contribution in [0.15, 0.2) is 84.9 Å². The van der Waals surface area contributed by atoms with Gasteiger partial charge in [0.1, 0.15) is 0 Å². The van der Waals surface area contributed by atoms with Crippen molar-refractivity contribution in [1.29, 1.82) is 0 Å². The van der Waals surface area contributed by atoms with E-state index in [1.807, 2.05) is 0 Å². The number of rotatable bonds is 5. The fourth-order valence-corrected chi connectivity index (χ4v) is 69.5. The Morgan fingerprint density at radius 3 is 1.44 bits per heavy atom. The molecule has 0 aliphatic heterocycles. The summed E-state index contributed by atoms with van der Waals surface area (Å²) in [5.74, 6) is -1.50. The van der Waals surface area contributed by atoms with Gasteiger partial charge >= 0.3 is 213 Å². The quantitative estimate of drug-likeness (QED) is 0.167. The first-order valence-electron chi connectivity index (χ1n) is 12.5. The normalized spacial score (nSPS) is 14.8. The standard InChI is InChI=1S/2C13H9.C4H11Si.2ClH.Hf/c2*1-3-7-12-10(5-1)9-11-6-2-4-8-13(11)12;1-3-5-4-2;;;/h2*1-5,7-8H,9H2;5H,3-4H2,1-2H3;2*1H;/q;;;;;+2/p-2. The third kappa shape index (κ3) is 3.11. The van der Waals surface area contributed by atoms with E-state index in [0.29, 0.717) is 0 Å². The van der Waals surface area contributed by atoms with Crippen LogP contribution in [0, 0.1) is 0 Å². The molecule has 0 saturated heterocycles. The second-order valence-electron chi connectivity index (χ2n) is 9.93. The zero-order chi connectivity index (χ0) is 23.5. The molecular weight excluding hydrogens is 638 g/mol. The van der Waals surface area contributed by atoms with Gasteiger partial charge in [0, 0.05) is 0 Å². The fourth-order valence-electron chi connectivity index (χ4n) is 6.76. The van der Waals surface area contributed by atoms with E-state index in [-0.39, 0.29) is 0 Å². The summed E-state index contributed by atoms with van der Waals surface area (Å²) >= 11 is -4.83. The molecule has 0 fully saturated rings. The van der Waals surface area contributed by atoms with E-state index < -0.39 is 21.3 Å². The summed E-state index contributed by atoms with van der Waals surface area (Å²) in [6.07, 6.45) is 1.88. The van der Waals surface area contributed by atoms with Crippen molar-refractivity contribution in [2.45, 2.75) is 38.8 Å². The minimum absolute atomic E-state index is 0.942. The Morgan fingerprint density at radius 1 is 0.588 bits per heavy atom. The van der Waals surface area contributed by atoms with E-state index in [1.54, 1.807) is 0 Å². The molecule has 0 unspecified atom stereocenters. The van der Waals surface area contributed by atoms with Gasteiger partial charge in [-0.05, 0) is 0 Å². The van der Waals surface area contributed by atoms with Crippen molar-refractivity contribution in [2.75, 3.05) is 0 Å². The van der Waals surface area contributed by atoms with Gasteiger partial charge in [-0.2, -0.15) is 0 Å². The van der Waals surface area contributed by atoms with E-state index in [9.17, 15) is 0 Å². The van der Waals surface area contributed by atoms with Crippen molar-refractivity contribution in [3.8, 4) is 22.3 Å². The molecule has 0 radical (unpaired) electrons. The van der Waals surface area contributed by atoms with E-state index in [2.05, 4.69) is 98.8 Å². The monoisotopic (exact) mass is 667 g/mol. The van der Waals surface area contributed by atoms with Crippen LogP contribution >= 0.6 is 17.2 Å². The van der Waals surface area contributed by atoms with Crippen LogP contribution in [0.1, 0.15) is 36.1 Å². The molecule has 2 aliphatic carbocycles. The molecule has 4 heteroatoms. The van der Waals surface area contributed by atoms with Crippen LogP contribution in [0.2, 0.25) is 12.1 Å². The fraction of sp³-hybridized carbons (Fsp3) is 0.200. The summed E-state index contributed by atoms with van der Waals surface area (Å²) in [7, 11) is 16.6. The molecule has 6 rings (SSSR count). The van der Waals surface area contributed by atoms with Crippen molar-refractivity contribution in [3.05, 3.63) is 107 Å². The van der Waals surface area contributed by atoms with Gasteiger partial charge in [0.15, 0.2) is 0 Å². The molecule has 0 amide bonds. The molecule has 0 bridgehead atoms. The Bertz CT molecular complexity index is 1340. The van der Waals surface area contributed by atoms with Crippen LogP contribution in [0.5, 0.6) is 0 Å². The molecule has 0 spiro atoms. The molecule has 4 aromatic carbocycles. The van der Waals surface area contributed by atoms with Crippen molar-refractivity contribution in [1.82, 2.24) is 0 Å². The molecule has 171 valence electrons. The Hall–Kier alpha value is -1.45. The predicted octanol–water partition coefficient (Wildman–Crippen LogP) is 7.54. The van der Waals surface area contributed by atoms with E-state index in [0.717, 1.165) is 24.9 Å². The molecule has 0 atom stereocenters. The Balaban J connectivity index is 1.65. The van der Waals surface area contributed by atoms with Crippen LogP contribution in [-0.2, 0) is 28.1 Å². The van der Waals surface area contributed by atoms with Crippen LogP contribution in [0.4, 0.5) is 0 Å². The first-order chi connectivity index (χ1) is 16.5. The molecule has 2 aliphatic rings. The van der Waals surface area contributed by atoms with Gasteiger partial charge in [-0.15, -0.1) is 0 Å². The number of fused-ring (bicyclic) bond motifs is 6. The molecule has 0 saturated carbocycles. The van der Waals surface area contributed by atoms with Gasteiger partial charge in [-0.25, -0.2) is 0 Å². The van der Waals surface area contributed by atoms with Gasteiger partial charge in [0.05, 0.1) is 0 Å². The van der Waals surface area contributed by atoms with Crippen molar-refractivity contribution in [3.63, 3.8) is 0 Å². The molecule has 0 heterocycles. The van der Waals surface area contributed by atoms with Crippen LogP contribution in [-0.4, -0.2) is 5.98 Å². The summed E-state index contributed by atoms with van der Waals surface area (Å²) < 4.78 is 2.66. The maximum absolute atomic E-state index is 8.31. The van der Waals surface area contributed by atoms with Gasteiger partial charge in [-0.1, -0.05) is 0 Å². The molecule has 34 heavy (non-hydrogen) atoms. The molecule has 4 aromatic rings. The Labute approximate surface area is 211 Å². The molecule has 0 nitrogen and oxygen atoms in total. The number of benzene rings is 4. The topological polar surface area (TPSA) is 0 Å². The van der Waals surface area contributed by atoms with Crippen LogP contribution in [0.3, 0.4) is 0 Å². The SMILES string of the molecule is CC[SiH](CC)[Hf]([Cl])([Cl])([c]1cccc2c1Cc1ccccc1-2)[c]1cccc2c1Cc1ccccc1-2. The van der Waals surface area contributed by atoms with Crippen LogP contribution in [0.25, 0.3) is 22.3 Å². The second kappa shape index (κ2) is 8.30. The van der Waals surface area contributed by atoms with Crippen molar-refractivity contribution in [2.24, 2.45) is 0 Å². The summed E-state index contributed by atoms with van der Waals surface area (Å²) in [6, 6.07) is 33.5. The minimum atomic E-state index is -4.83. The first kappa shape index (κ1) is 23.0. The zero-order valence-corrected chi connectivity index (χ0v) is 26.0. The zero-order valence-electron chi connectivity index (χ0n) is 19.7. The number of halogens is 2. The molecular formula is C30H29Cl2HfSi. The van der Waals surface area contributed by atoms with Gasteiger partial charge in [0.2, 0.25) is 0 Å². The third-order valence-electron chi connectivity index (χ3n) is 8.39. The second-order valence-corrected chi connectivity index (χ2v) is 63.3. The van der Waals surface area contributed by atoms with Gasteiger partial charge in [0.25, 0.3) is 0 Å². The first-order valence-corrected chi connectivity index (χ1v) is 33.4. The Morgan fingerprint density at radius 2 is 1.00 bits per heavy atom. The third-order valence-corrected chi connectivity index (χ3v) is 73.4. The maximum atomic E-state index is 8.31. The van der Waals surface area contributed by atoms with Crippen molar-refractivity contribution < 1.29 is 15.3 Å². The summed E-state index contributed by atoms with van der Waals surface area (Å²) in [5.41, 5.74) is 11.0. The van der Waals surface area contributed by atoms with E-state index in [4.69, 9.17) is 17.2 Å². The molecule has 0 aromatic heterocycles. The number of hydrogen-bond acceptors (Lipinski definition) is 0. The van der Waals surface area contributed by atoms with Gasteiger partial charge < -0.3 is 0 Å². The molecule has 0 N–H and O–H groups in total. The van der Waals surface area contributed by atoms with E-state index >= 15 is 0 Å². The summed E-state index contributed by atoms with van der Waals surface area (Å²) in [5, 5.41) is 0. The van der Waals surface area contributed by atoms with Gasteiger partial charge in [-0.3, -0.25) is 0 Å². The van der Waals surface area contributed by atoms with E-state index in [1.165, 1.54) is 51.1 Å².